The molecule has 0 bridgehead atoms. The number of benzene rings is 1. The predicted octanol–water partition coefficient (Wildman–Crippen LogP) is 4.42. The molecule has 2 aromatic rings. The van der Waals surface area contributed by atoms with E-state index in [1.54, 1.807) is 0 Å². The summed E-state index contributed by atoms with van der Waals surface area (Å²) in [5, 5.41) is 7.88. The smallest absolute Gasteiger partial charge is 0.0704 e. The van der Waals surface area contributed by atoms with Gasteiger partial charge in [0.05, 0.1) is 22.4 Å². The van der Waals surface area contributed by atoms with Crippen molar-refractivity contribution in [2.45, 2.75) is 37.8 Å². The second-order valence-electron chi connectivity index (χ2n) is 5.07. The molecular formula is C16H22BrN3S. The molecule has 1 aromatic heterocycles. The molecule has 0 amide bonds. The van der Waals surface area contributed by atoms with Gasteiger partial charge in [0.25, 0.3) is 0 Å². The van der Waals surface area contributed by atoms with Crippen LogP contribution in [0.3, 0.4) is 0 Å². The SMILES string of the molecule is CCCn1ncc(Br)c1C(CSc1ccc(C)cc1)NC. The van der Waals surface area contributed by atoms with Crippen molar-refractivity contribution in [1.29, 1.82) is 0 Å². The van der Waals surface area contributed by atoms with Gasteiger partial charge < -0.3 is 5.32 Å². The molecule has 0 aliphatic rings. The maximum absolute atomic E-state index is 4.46. The zero-order valence-corrected chi connectivity index (χ0v) is 15.2. The van der Waals surface area contributed by atoms with Crippen LogP contribution in [0.1, 0.15) is 30.6 Å². The molecule has 1 aromatic carbocycles. The first-order valence-corrected chi connectivity index (χ1v) is 9.01. The Balaban J connectivity index is 2.09. The molecule has 0 aliphatic heterocycles. The first-order chi connectivity index (χ1) is 10.2. The van der Waals surface area contributed by atoms with E-state index in [0.29, 0.717) is 0 Å². The molecule has 2 rings (SSSR count). The van der Waals surface area contributed by atoms with Crippen molar-refractivity contribution in [3.63, 3.8) is 0 Å². The Labute approximate surface area is 139 Å². The number of hydrogen-bond acceptors (Lipinski definition) is 3. The molecule has 1 atom stereocenters. The highest BCUT2D eigenvalue weighted by atomic mass is 79.9. The molecule has 114 valence electrons. The van der Waals surface area contributed by atoms with Crippen molar-refractivity contribution in [1.82, 2.24) is 15.1 Å². The van der Waals surface area contributed by atoms with E-state index in [1.807, 2.05) is 25.0 Å². The Kier molecular flexibility index (Phi) is 6.33. The zero-order valence-electron chi connectivity index (χ0n) is 12.8. The molecule has 1 N–H and O–H groups in total. The summed E-state index contributed by atoms with van der Waals surface area (Å²) in [6.45, 7) is 5.24. The van der Waals surface area contributed by atoms with Gasteiger partial charge in [-0.05, 0) is 48.5 Å². The number of nitrogens with zero attached hydrogens (tertiary/aromatic N) is 2. The standard InChI is InChI=1S/C16H22BrN3S/c1-4-9-20-16(14(17)10-19-20)15(18-3)11-21-13-7-5-12(2)6-8-13/h5-8,10,15,18H,4,9,11H2,1-3H3. The van der Waals surface area contributed by atoms with E-state index >= 15 is 0 Å². The minimum Gasteiger partial charge on any atom is -0.311 e. The summed E-state index contributed by atoms with van der Waals surface area (Å²) < 4.78 is 3.18. The van der Waals surface area contributed by atoms with Crippen molar-refractivity contribution < 1.29 is 0 Å². The highest BCUT2D eigenvalue weighted by Crippen LogP contribution is 2.29. The average Bonchev–Trinajstić information content (AvgIpc) is 2.84. The number of hydrogen-bond donors (Lipinski definition) is 1. The van der Waals surface area contributed by atoms with Crippen molar-refractivity contribution in [2.75, 3.05) is 12.8 Å². The third-order valence-electron chi connectivity index (χ3n) is 3.38. The molecule has 0 spiro atoms. The van der Waals surface area contributed by atoms with Crippen LogP contribution in [-0.2, 0) is 6.54 Å². The lowest BCUT2D eigenvalue weighted by molar-refractivity contribution is 0.523. The van der Waals surface area contributed by atoms with Gasteiger partial charge in [-0.1, -0.05) is 24.6 Å². The van der Waals surface area contributed by atoms with Gasteiger partial charge in [-0.25, -0.2) is 0 Å². The summed E-state index contributed by atoms with van der Waals surface area (Å²) in [5.74, 6) is 0.980. The fraction of sp³-hybridized carbons (Fsp3) is 0.438. The highest BCUT2D eigenvalue weighted by Gasteiger charge is 2.18. The van der Waals surface area contributed by atoms with E-state index in [0.717, 1.165) is 23.2 Å². The maximum atomic E-state index is 4.46. The molecular weight excluding hydrogens is 346 g/mol. The van der Waals surface area contributed by atoms with E-state index in [2.05, 4.69) is 69.1 Å². The van der Waals surface area contributed by atoms with E-state index in [4.69, 9.17) is 0 Å². The topological polar surface area (TPSA) is 29.9 Å². The second kappa shape index (κ2) is 8.01. The molecule has 0 aliphatic carbocycles. The molecule has 5 heteroatoms. The Morgan fingerprint density at radius 3 is 2.67 bits per heavy atom. The summed E-state index contributed by atoms with van der Waals surface area (Å²) in [4.78, 5) is 1.30. The molecule has 0 saturated heterocycles. The minimum atomic E-state index is 0.278. The maximum Gasteiger partial charge on any atom is 0.0704 e. The average molecular weight is 368 g/mol. The van der Waals surface area contributed by atoms with Gasteiger partial charge in [0.2, 0.25) is 0 Å². The highest BCUT2D eigenvalue weighted by molar-refractivity contribution is 9.10. The van der Waals surface area contributed by atoms with Crippen molar-refractivity contribution in [2.24, 2.45) is 0 Å². The van der Waals surface area contributed by atoms with Crippen LogP contribution in [0.2, 0.25) is 0 Å². The van der Waals surface area contributed by atoms with Crippen LogP contribution in [0.5, 0.6) is 0 Å². The van der Waals surface area contributed by atoms with Crippen LogP contribution >= 0.6 is 27.7 Å². The molecule has 3 nitrogen and oxygen atoms in total. The third-order valence-corrected chi connectivity index (χ3v) is 5.10. The number of nitrogens with one attached hydrogen (secondary N) is 1. The first kappa shape index (κ1) is 16.6. The van der Waals surface area contributed by atoms with Gasteiger partial charge >= 0.3 is 0 Å². The van der Waals surface area contributed by atoms with Crippen molar-refractivity contribution in [3.05, 3.63) is 46.2 Å². The third kappa shape index (κ3) is 4.34. The van der Waals surface area contributed by atoms with Gasteiger partial charge in [0.1, 0.15) is 0 Å². The van der Waals surface area contributed by atoms with Gasteiger partial charge in [-0.3, -0.25) is 4.68 Å². The summed E-state index contributed by atoms with van der Waals surface area (Å²) >= 11 is 5.50. The lowest BCUT2D eigenvalue weighted by Crippen LogP contribution is -2.23. The monoisotopic (exact) mass is 367 g/mol. The van der Waals surface area contributed by atoms with Crippen LogP contribution in [0.25, 0.3) is 0 Å². The number of aromatic nitrogens is 2. The van der Waals surface area contributed by atoms with Crippen molar-refractivity contribution in [3.8, 4) is 0 Å². The normalized spacial score (nSPS) is 12.6. The Hall–Kier alpha value is -0.780. The minimum absolute atomic E-state index is 0.278. The zero-order chi connectivity index (χ0) is 15.2. The van der Waals surface area contributed by atoms with Gasteiger partial charge in [-0.2, -0.15) is 5.10 Å². The fourth-order valence-electron chi connectivity index (χ4n) is 2.22. The van der Waals surface area contributed by atoms with Gasteiger partial charge in [0, 0.05) is 17.2 Å². The summed E-state index contributed by atoms with van der Waals surface area (Å²) in [6, 6.07) is 8.97. The first-order valence-electron chi connectivity index (χ1n) is 7.23. The van der Waals surface area contributed by atoms with E-state index in [1.165, 1.54) is 16.2 Å². The summed E-state index contributed by atoms with van der Waals surface area (Å²) in [5.41, 5.74) is 2.53. The van der Waals surface area contributed by atoms with Crippen LogP contribution < -0.4 is 5.32 Å². The second-order valence-corrected chi connectivity index (χ2v) is 7.01. The Bertz CT molecular complexity index is 565. The molecule has 1 heterocycles. The lowest BCUT2D eigenvalue weighted by Gasteiger charge is -2.18. The van der Waals surface area contributed by atoms with Crippen molar-refractivity contribution >= 4 is 27.7 Å². The lowest BCUT2D eigenvalue weighted by atomic mass is 10.2. The molecule has 1 unspecified atom stereocenters. The largest absolute Gasteiger partial charge is 0.311 e. The predicted molar refractivity (Wildman–Crippen MR) is 93.9 cm³/mol. The number of thioether (sulfide) groups is 1. The van der Waals surface area contributed by atoms with Gasteiger partial charge in [-0.15, -0.1) is 11.8 Å². The van der Waals surface area contributed by atoms with Crippen LogP contribution in [0.4, 0.5) is 0 Å². The number of rotatable bonds is 7. The fourth-order valence-corrected chi connectivity index (χ4v) is 3.81. The van der Waals surface area contributed by atoms with E-state index < -0.39 is 0 Å². The van der Waals surface area contributed by atoms with Crippen LogP contribution in [-0.4, -0.2) is 22.6 Å². The van der Waals surface area contributed by atoms with Gasteiger partial charge in [0.15, 0.2) is 0 Å². The van der Waals surface area contributed by atoms with E-state index in [9.17, 15) is 0 Å². The molecule has 21 heavy (non-hydrogen) atoms. The molecule has 0 radical (unpaired) electrons. The Morgan fingerprint density at radius 1 is 1.33 bits per heavy atom. The number of halogens is 1. The molecule has 0 saturated carbocycles. The van der Waals surface area contributed by atoms with E-state index in [-0.39, 0.29) is 6.04 Å². The Morgan fingerprint density at radius 2 is 2.05 bits per heavy atom. The van der Waals surface area contributed by atoms with Crippen LogP contribution in [0.15, 0.2) is 39.8 Å². The van der Waals surface area contributed by atoms with Crippen LogP contribution in [0, 0.1) is 6.92 Å². The molecule has 0 fully saturated rings. The summed E-state index contributed by atoms with van der Waals surface area (Å²) in [7, 11) is 2.01. The summed E-state index contributed by atoms with van der Waals surface area (Å²) in [6.07, 6.45) is 2.98. The number of aryl methyl sites for hydroxylation is 2. The quantitative estimate of drug-likeness (QED) is 0.734.